The van der Waals surface area contributed by atoms with Gasteiger partial charge >= 0.3 is 0 Å². The normalized spacial score (nSPS) is 16.4. The largest absolute Gasteiger partial charge is 0.446 e. The highest BCUT2D eigenvalue weighted by atomic mass is 35.5. The lowest BCUT2D eigenvalue weighted by Gasteiger charge is -2.20. The summed E-state index contributed by atoms with van der Waals surface area (Å²) in [4.78, 5) is 22.2. The van der Waals surface area contributed by atoms with E-state index in [1.807, 2.05) is 0 Å². The Morgan fingerprint density at radius 3 is 2.52 bits per heavy atom. The van der Waals surface area contributed by atoms with Gasteiger partial charge in [0, 0.05) is 30.2 Å². The van der Waals surface area contributed by atoms with Crippen LogP contribution in [0.15, 0.2) is 47.6 Å². The third-order valence-corrected chi connectivity index (χ3v) is 4.37. The summed E-state index contributed by atoms with van der Waals surface area (Å²) in [5.74, 6) is -0.191. The van der Waals surface area contributed by atoms with Crippen LogP contribution in [-0.4, -0.2) is 21.7 Å². The molecule has 1 heterocycles. The number of hydrogen-bond donors (Lipinski definition) is 0. The van der Waals surface area contributed by atoms with Gasteiger partial charge in [0.25, 0.3) is 5.69 Å². The Morgan fingerprint density at radius 2 is 1.92 bits per heavy atom. The molecule has 7 nitrogen and oxygen atoms in total. The molecule has 0 spiro atoms. The Hall–Kier alpha value is -2.64. The number of ether oxygens (including phenoxy) is 1. The van der Waals surface area contributed by atoms with Crippen LogP contribution in [0, 0.1) is 10.1 Å². The smallest absolute Gasteiger partial charge is 0.269 e. The standard InChI is InChI=1S/C16H11Cl2N3O4/c1-9(22)20-16(12-3-2-4-13(17)14(12)18)25-15(19-20)10-5-7-11(8-6-10)21(23)24/h2-8,16H,1H3/t16-/m1/s1. The van der Waals surface area contributed by atoms with Crippen molar-refractivity contribution in [3.63, 3.8) is 0 Å². The lowest BCUT2D eigenvalue weighted by Crippen LogP contribution is -2.25. The van der Waals surface area contributed by atoms with Gasteiger partial charge in [0.2, 0.25) is 18.0 Å². The fraction of sp³-hybridized carbons (Fsp3) is 0.125. The lowest BCUT2D eigenvalue weighted by atomic mass is 10.2. The monoisotopic (exact) mass is 379 g/mol. The van der Waals surface area contributed by atoms with Crippen molar-refractivity contribution in [2.24, 2.45) is 5.10 Å². The molecular formula is C16H11Cl2N3O4. The van der Waals surface area contributed by atoms with E-state index in [1.54, 1.807) is 18.2 Å². The van der Waals surface area contributed by atoms with Crippen LogP contribution in [0.3, 0.4) is 0 Å². The van der Waals surface area contributed by atoms with Crippen molar-refractivity contribution in [3.05, 3.63) is 73.8 Å². The van der Waals surface area contributed by atoms with Gasteiger partial charge in [-0.15, -0.1) is 5.10 Å². The summed E-state index contributed by atoms with van der Waals surface area (Å²) in [5, 5.41) is 16.7. The molecule has 0 saturated carbocycles. The Bertz CT molecular complexity index is 883. The zero-order valence-corrected chi connectivity index (χ0v) is 14.4. The molecule has 2 aromatic carbocycles. The van der Waals surface area contributed by atoms with E-state index in [2.05, 4.69) is 5.10 Å². The van der Waals surface area contributed by atoms with Crippen LogP contribution in [0.25, 0.3) is 0 Å². The van der Waals surface area contributed by atoms with E-state index < -0.39 is 11.2 Å². The second-order valence-corrected chi connectivity index (χ2v) is 5.97. The molecule has 3 rings (SSSR count). The summed E-state index contributed by atoms with van der Waals surface area (Å²) in [7, 11) is 0. The van der Waals surface area contributed by atoms with E-state index in [0.717, 1.165) is 5.01 Å². The lowest BCUT2D eigenvalue weighted by molar-refractivity contribution is -0.384. The average molecular weight is 380 g/mol. The van der Waals surface area contributed by atoms with Crippen LogP contribution in [0.5, 0.6) is 0 Å². The van der Waals surface area contributed by atoms with E-state index >= 15 is 0 Å². The zero-order valence-electron chi connectivity index (χ0n) is 12.8. The molecule has 128 valence electrons. The molecule has 0 fully saturated rings. The van der Waals surface area contributed by atoms with Crippen LogP contribution in [0.2, 0.25) is 10.0 Å². The zero-order chi connectivity index (χ0) is 18.1. The fourth-order valence-electron chi connectivity index (χ4n) is 2.32. The van der Waals surface area contributed by atoms with E-state index in [0.29, 0.717) is 16.1 Å². The number of amides is 1. The number of benzene rings is 2. The molecule has 1 aliphatic rings. The molecule has 0 unspecified atom stereocenters. The first-order chi connectivity index (χ1) is 11.9. The van der Waals surface area contributed by atoms with Crippen molar-refractivity contribution < 1.29 is 14.5 Å². The summed E-state index contributed by atoms with van der Waals surface area (Å²) in [6.45, 7) is 1.34. The van der Waals surface area contributed by atoms with Crippen molar-refractivity contribution in [1.29, 1.82) is 0 Å². The van der Waals surface area contributed by atoms with Gasteiger partial charge in [-0.3, -0.25) is 14.9 Å². The topological polar surface area (TPSA) is 85.0 Å². The SMILES string of the molecule is CC(=O)N1N=C(c2ccc([N+](=O)[O-])cc2)O[C@@H]1c1cccc(Cl)c1Cl. The molecule has 1 amide bonds. The third kappa shape index (κ3) is 3.29. The Balaban J connectivity index is 1.96. The van der Waals surface area contributed by atoms with E-state index in [1.165, 1.54) is 31.2 Å². The second kappa shape index (κ2) is 6.70. The number of nitro benzene ring substituents is 1. The van der Waals surface area contributed by atoms with Crippen LogP contribution in [-0.2, 0) is 9.53 Å². The van der Waals surface area contributed by atoms with Crippen molar-refractivity contribution in [1.82, 2.24) is 5.01 Å². The number of non-ortho nitro benzene ring substituents is 1. The summed E-state index contributed by atoms with van der Waals surface area (Å²) in [5.41, 5.74) is 0.933. The predicted molar refractivity (Wildman–Crippen MR) is 92.4 cm³/mol. The van der Waals surface area contributed by atoms with Gasteiger partial charge in [0.05, 0.1) is 15.0 Å². The molecule has 2 aromatic rings. The number of carbonyl (C=O) groups is 1. The summed E-state index contributed by atoms with van der Waals surface area (Å²) >= 11 is 12.2. The summed E-state index contributed by atoms with van der Waals surface area (Å²) in [6, 6.07) is 10.7. The highest BCUT2D eigenvalue weighted by Crippen LogP contribution is 2.37. The fourth-order valence-corrected chi connectivity index (χ4v) is 2.72. The quantitative estimate of drug-likeness (QED) is 0.592. The average Bonchev–Trinajstić information content (AvgIpc) is 3.03. The number of carbonyl (C=O) groups excluding carboxylic acids is 1. The maximum atomic E-state index is 11.9. The number of hydrazone groups is 1. The third-order valence-electron chi connectivity index (χ3n) is 3.54. The Labute approximate surface area is 152 Å². The molecule has 0 saturated heterocycles. The summed E-state index contributed by atoms with van der Waals surface area (Å²) < 4.78 is 5.79. The van der Waals surface area contributed by atoms with Gasteiger partial charge < -0.3 is 4.74 Å². The van der Waals surface area contributed by atoms with Crippen LogP contribution >= 0.6 is 23.2 Å². The molecular weight excluding hydrogens is 369 g/mol. The Morgan fingerprint density at radius 1 is 1.24 bits per heavy atom. The predicted octanol–water partition coefficient (Wildman–Crippen LogP) is 4.14. The maximum Gasteiger partial charge on any atom is 0.269 e. The second-order valence-electron chi connectivity index (χ2n) is 5.19. The minimum atomic E-state index is -0.867. The first-order valence-corrected chi connectivity index (χ1v) is 7.88. The maximum absolute atomic E-state index is 11.9. The number of halogens is 2. The highest BCUT2D eigenvalue weighted by molar-refractivity contribution is 6.42. The van der Waals surface area contributed by atoms with Gasteiger partial charge in [-0.1, -0.05) is 35.3 Å². The highest BCUT2D eigenvalue weighted by Gasteiger charge is 2.34. The Kier molecular flexibility index (Phi) is 4.61. The van der Waals surface area contributed by atoms with Crippen molar-refractivity contribution in [2.45, 2.75) is 13.2 Å². The van der Waals surface area contributed by atoms with E-state index in [-0.39, 0.29) is 22.5 Å². The van der Waals surface area contributed by atoms with E-state index in [4.69, 9.17) is 27.9 Å². The first-order valence-electron chi connectivity index (χ1n) is 7.12. The minimum absolute atomic E-state index is 0.0554. The van der Waals surface area contributed by atoms with Gasteiger partial charge in [0.1, 0.15) is 0 Å². The van der Waals surface area contributed by atoms with Crippen molar-refractivity contribution >= 4 is 40.7 Å². The van der Waals surface area contributed by atoms with Gasteiger partial charge in [-0.2, -0.15) is 5.01 Å². The van der Waals surface area contributed by atoms with E-state index in [9.17, 15) is 14.9 Å². The van der Waals surface area contributed by atoms with Crippen LogP contribution in [0.1, 0.15) is 24.3 Å². The van der Waals surface area contributed by atoms with Crippen molar-refractivity contribution in [3.8, 4) is 0 Å². The van der Waals surface area contributed by atoms with Gasteiger partial charge in [0.15, 0.2) is 0 Å². The van der Waals surface area contributed by atoms with Gasteiger partial charge in [-0.05, 0) is 18.2 Å². The molecule has 0 bridgehead atoms. The number of rotatable bonds is 3. The molecule has 1 aliphatic heterocycles. The van der Waals surface area contributed by atoms with Crippen molar-refractivity contribution in [2.75, 3.05) is 0 Å². The molecule has 0 N–H and O–H groups in total. The number of nitro groups is 1. The molecule has 0 radical (unpaired) electrons. The molecule has 0 aliphatic carbocycles. The molecule has 25 heavy (non-hydrogen) atoms. The number of nitrogens with zero attached hydrogens (tertiary/aromatic N) is 3. The minimum Gasteiger partial charge on any atom is -0.446 e. The molecule has 0 aromatic heterocycles. The van der Waals surface area contributed by atoms with Crippen LogP contribution in [0.4, 0.5) is 5.69 Å². The molecule has 9 heteroatoms. The first kappa shape index (κ1) is 17.2. The van der Waals surface area contributed by atoms with Gasteiger partial charge in [-0.25, -0.2) is 0 Å². The summed E-state index contributed by atoms with van der Waals surface area (Å²) in [6.07, 6.45) is -0.867. The number of hydrogen-bond acceptors (Lipinski definition) is 5. The van der Waals surface area contributed by atoms with Crippen LogP contribution < -0.4 is 0 Å². The molecule has 1 atom stereocenters.